The minimum absolute atomic E-state index is 0.126. The summed E-state index contributed by atoms with van der Waals surface area (Å²) in [4.78, 5) is 14.3. The molecule has 1 N–H and O–H groups in total. The Labute approximate surface area is 133 Å². The maximum Gasteiger partial charge on any atom is 0.317 e. The fourth-order valence-electron chi connectivity index (χ4n) is 3.53. The van der Waals surface area contributed by atoms with E-state index < -0.39 is 0 Å². The van der Waals surface area contributed by atoms with Gasteiger partial charge in [-0.05, 0) is 49.5 Å². The Morgan fingerprint density at radius 3 is 2.55 bits per heavy atom. The van der Waals surface area contributed by atoms with Crippen molar-refractivity contribution in [1.82, 2.24) is 10.2 Å². The summed E-state index contributed by atoms with van der Waals surface area (Å²) in [6, 6.07) is 10.8. The minimum atomic E-state index is 0.126. The SMILES string of the molecule is O=C(NCC1CC=CCC1)N1CCC(c2ccccc2)CC1. The number of nitrogens with one attached hydrogen (secondary N) is 1. The van der Waals surface area contributed by atoms with Crippen LogP contribution in [0.2, 0.25) is 0 Å². The van der Waals surface area contributed by atoms with Crippen LogP contribution in [0.15, 0.2) is 42.5 Å². The highest BCUT2D eigenvalue weighted by atomic mass is 16.2. The summed E-state index contributed by atoms with van der Waals surface area (Å²) in [5.74, 6) is 1.23. The molecule has 2 aliphatic rings. The van der Waals surface area contributed by atoms with Crippen molar-refractivity contribution in [3.63, 3.8) is 0 Å². The quantitative estimate of drug-likeness (QED) is 0.842. The highest BCUT2D eigenvalue weighted by Crippen LogP contribution is 2.27. The van der Waals surface area contributed by atoms with E-state index >= 15 is 0 Å². The van der Waals surface area contributed by atoms with Crippen molar-refractivity contribution in [1.29, 1.82) is 0 Å². The molecule has 0 bridgehead atoms. The fourth-order valence-corrected chi connectivity index (χ4v) is 3.53. The molecule has 2 amide bonds. The maximum absolute atomic E-state index is 12.3. The van der Waals surface area contributed by atoms with Crippen LogP contribution in [0.4, 0.5) is 4.79 Å². The second-order valence-electron chi connectivity index (χ2n) is 6.51. The van der Waals surface area contributed by atoms with Crippen molar-refractivity contribution in [2.75, 3.05) is 19.6 Å². The van der Waals surface area contributed by atoms with E-state index in [4.69, 9.17) is 0 Å². The van der Waals surface area contributed by atoms with Gasteiger partial charge in [-0.15, -0.1) is 0 Å². The van der Waals surface area contributed by atoms with Gasteiger partial charge in [0.25, 0.3) is 0 Å². The van der Waals surface area contributed by atoms with E-state index in [-0.39, 0.29) is 6.03 Å². The van der Waals surface area contributed by atoms with Crippen molar-refractivity contribution in [2.45, 2.75) is 38.0 Å². The Bertz CT molecular complexity index is 503. The number of hydrogen-bond acceptors (Lipinski definition) is 1. The molecule has 1 heterocycles. The minimum Gasteiger partial charge on any atom is -0.338 e. The smallest absolute Gasteiger partial charge is 0.317 e. The van der Waals surface area contributed by atoms with Crippen LogP contribution in [0.1, 0.15) is 43.6 Å². The van der Waals surface area contributed by atoms with Crippen LogP contribution in [-0.2, 0) is 0 Å². The predicted octanol–water partition coefficient (Wildman–Crippen LogP) is 3.93. The van der Waals surface area contributed by atoms with Crippen molar-refractivity contribution in [3.05, 3.63) is 48.0 Å². The molecule has 0 radical (unpaired) electrons. The molecule has 22 heavy (non-hydrogen) atoms. The summed E-state index contributed by atoms with van der Waals surface area (Å²) in [6.45, 7) is 2.56. The van der Waals surface area contributed by atoms with Gasteiger partial charge in [-0.3, -0.25) is 0 Å². The van der Waals surface area contributed by atoms with Gasteiger partial charge in [0, 0.05) is 19.6 Å². The first kappa shape index (κ1) is 15.1. The number of piperidine rings is 1. The number of benzene rings is 1. The zero-order valence-corrected chi connectivity index (χ0v) is 13.2. The molecule has 1 aliphatic heterocycles. The molecule has 118 valence electrons. The van der Waals surface area contributed by atoms with Crippen molar-refractivity contribution in [3.8, 4) is 0 Å². The molecule has 3 heteroatoms. The van der Waals surface area contributed by atoms with E-state index in [0.717, 1.165) is 45.3 Å². The number of hydrogen-bond donors (Lipinski definition) is 1. The number of allylic oxidation sites excluding steroid dienone is 2. The Morgan fingerprint density at radius 1 is 1.09 bits per heavy atom. The van der Waals surface area contributed by atoms with Gasteiger partial charge in [0.15, 0.2) is 0 Å². The number of urea groups is 1. The second-order valence-corrected chi connectivity index (χ2v) is 6.51. The zero-order chi connectivity index (χ0) is 15.2. The molecule has 1 fully saturated rings. The molecule has 1 aromatic carbocycles. The lowest BCUT2D eigenvalue weighted by Gasteiger charge is -2.32. The first-order chi connectivity index (χ1) is 10.8. The molecule has 3 nitrogen and oxygen atoms in total. The molecule has 1 aliphatic carbocycles. The number of amides is 2. The largest absolute Gasteiger partial charge is 0.338 e. The maximum atomic E-state index is 12.3. The number of rotatable bonds is 3. The lowest BCUT2D eigenvalue weighted by Crippen LogP contribution is -2.45. The Balaban J connectivity index is 1.42. The normalized spacial score (nSPS) is 22.5. The summed E-state index contributed by atoms with van der Waals surface area (Å²) in [6.07, 6.45) is 10.1. The van der Waals surface area contributed by atoms with E-state index in [1.54, 1.807) is 0 Å². The number of carbonyl (C=O) groups excluding carboxylic acids is 1. The fraction of sp³-hybridized carbons (Fsp3) is 0.526. The molecule has 3 rings (SSSR count). The van der Waals surface area contributed by atoms with Crippen molar-refractivity contribution >= 4 is 6.03 Å². The molecule has 1 atom stereocenters. The van der Waals surface area contributed by atoms with E-state index in [2.05, 4.69) is 47.8 Å². The molecule has 1 saturated heterocycles. The molecule has 0 aromatic heterocycles. The predicted molar refractivity (Wildman–Crippen MR) is 89.9 cm³/mol. The third-order valence-corrected chi connectivity index (χ3v) is 4.97. The zero-order valence-electron chi connectivity index (χ0n) is 13.2. The number of carbonyl (C=O) groups is 1. The first-order valence-electron chi connectivity index (χ1n) is 8.55. The third kappa shape index (κ3) is 3.90. The Kier molecular flexibility index (Phi) is 5.15. The van der Waals surface area contributed by atoms with Crippen LogP contribution >= 0.6 is 0 Å². The summed E-state index contributed by atoms with van der Waals surface area (Å²) in [5.41, 5.74) is 1.41. The standard InChI is InChI=1S/C19H26N2O/c22-19(20-15-16-7-3-1-4-8-16)21-13-11-18(12-14-21)17-9-5-2-6-10-17/h1-3,5-6,9-10,16,18H,4,7-8,11-15H2,(H,20,22). The van der Waals surface area contributed by atoms with Crippen LogP contribution in [-0.4, -0.2) is 30.6 Å². The Hall–Kier alpha value is -1.77. The van der Waals surface area contributed by atoms with Gasteiger partial charge in [0.1, 0.15) is 0 Å². The molecular weight excluding hydrogens is 272 g/mol. The van der Waals surface area contributed by atoms with Gasteiger partial charge in [0.2, 0.25) is 0 Å². The summed E-state index contributed by atoms with van der Waals surface area (Å²) in [5, 5.41) is 3.13. The van der Waals surface area contributed by atoms with Crippen LogP contribution < -0.4 is 5.32 Å². The lowest BCUT2D eigenvalue weighted by atomic mass is 9.89. The average Bonchev–Trinajstić information content (AvgIpc) is 2.61. The number of nitrogens with zero attached hydrogens (tertiary/aromatic N) is 1. The van der Waals surface area contributed by atoms with Gasteiger partial charge in [-0.1, -0.05) is 42.5 Å². The summed E-state index contributed by atoms with van der Waals surface area (Å²) < 4.78 is 0. The van der Waals surface area contributed by atoms with Crippen LogP contribution in [0, 0.1) is 5.92 Å². The molecule has 1 aromatic rings. The molecule has 0 spiro atoms. The monoisotopic (exact) mass is 298 g/mol. The van der Waals surface area contributed by atoms with Gasteiger partial charge < -0.3 is 10.2 Å². The van der Waals surface area contributed by atoms with Gasteiger partial charge in [-0.25, -0.2) is 4.79 Å². The van der Waals surface area contributed by atoms with Crippen LogP contribution in [0.5, 0.6) is 0 Å². The summed E-state index contributed by atoms with van der Waals surface area (Å²) in [7, 11) is 0. The average molecular weight is 298 g/mol. The van der Waals surface area contributed by atoms with Gasteiger partial charge in [-0.2, -0.15) is 0 Å². The van der Waals surface area contributed by atoms with E-state index in [1.807, 2.05) is 4.90 Å². The number of likely N-dealkylation sites (tertiary alicyclic amines) is 1. The topological polar surface area (TPSA) is 32.3 Å². The van der Waals surface area contributed by atoms with Crippen LogP contribution in [0.25, 0.3) is 0 Å². The van der Waals surface area contributed by atoms with Gasteiger partial charge in [0.05, 0.1) is 0 Å². The highest BCUT2D eigenvalue weighted by Gasteiger charge is 2.24. The Morgan fingerprint density at radius 2 is 1.86 bits per heavy atom. The third-order valence-electron chi connectivity index (χ3n) is 4.97. The second kappa shape index (κ2) is 7.48. The highest BCUT2D eigenvalue weighted by molar-refractivity contribution is 5.74. The van der Waals surface area contributed by atoms with E-state index in [0.29, 0.717) is 11.8 Å². The van der Waals surface area contributed by atoms with Crippen molar-refractivity contribution in [2.24, 2.45) is 5.92 Å². The molecular formula is C19H26N2O. The van der Waals surface area contributed by atoms with Gasteiger partial charge >= 0.3 is 6.03 Å². The first-order valence-corrected chi connectivity index (χ1v) is 8.55. The van der Waals surface area contributed by atoms with Crippen LogP contribution in [0.3, 0.4) is 0 Å². The van der Waals surface area contributed by atoms with Crippen molar-refractivity contribution < 1.29 is 4.79 Å². The molecule has 0 saturated carbocycles. The lowest BCUT2D eigenvalue weighted by molar-refractivity contribution is 0.179. The van der Waals surface area contributed by atoms with E-state index in [9.17, 15) is 4.79 Å². The summed E-state index contributed by atoms with van der Waals surface area (Å²) >= 11 is 0. The van der Waals surface area contributed by atoms with E-state index in [1.165, 1.54) is 12.0 Å². The molecule has 1 unspecified atom stereocenters.